The predicted molar refractivity (Wildman–Crippen MR) is 92.0 cm³/mol. The Morgan fingerprint density at radius 2 is 2.04 bits per heavy atom. The van der Waals surface area contributed by atoms with Crippen LogP contribution in [0.4, 0.5) is 0 Å². The van der Waals surface area contributed by atoms with Crippen LogP contribution in [0, 0.1) is 0 Å². The van der Waals surface area contributed by atoms with E-state index in [2.05, 4.69) is 17.4 Å². The Kier molecular flexibility index (Phi) is 5.19. The standard InChI is InChI=1S/C19H26N2O3/c1-2-21(12-18(22)23)15-10-14(11-15)20-19(24)17-9-5-7-13-6-3-4-8-16(13)17/h3-4,6,8,14-15,17H,2,5,7,9-12H2,1H3,(H,20,24)(H,22,23). The number of hydrogen-bond donors (Lipinski definition) is 2. The van der Waals surface area contributed by atoms with Gasteiger partial charge in [-0.2, -0.15) is 0 Å². The summed E-state index contributed by atoms with van der Waals surface area (Å²) < 4.78 is 0. The van der Waals surface area contributed by atoms with Gasteiger partial charge in [0.15, 0.2) is 0 Å². The van der Waals surface area contributed by atoms with Crippen LogP contribution in [0.5, 0.6) is 0 Å². The first kappa shape index (κ1) is 17.0. The number of nitrogens with zero attached hydrogens (tertiary/aromatic N) is 1. The highest BCUT2D eigenvalue weighted by Crippen LogP contribution is 2.33. The molecular weight excluding hydrogens is 304 g/mol. The number of benzene rings is 1. The van der Waals surface area contributed by atoms with Gasteiger partial charge in [-0.15, -0.1) is 0 Å². The Morgan fingerprint density at radius 1 is 1.29 bits per heavy atom. The zero-order valence-corrected chi connectivity index (χ0v) is 14.2. The number of carbonyl (C=O) groups is 2. The van der Waals surface area contributed by atoms with Gasteiger partial charge in [0.1, 0.15) is 0 Å². The summed E-state index contributed by atoms with van der Waals surface area (Å²) in [4.78, 5) is 25.5. The number of carboxylic acids is 1. The Balaban J connectivity index is 1.54. The molecule has 2 aliphatic carbocycles. The topological polar surface area (TPSA) is 69.6 Å². The molecular formula is C19H26N2O3. The molecule has 1 saturated carbocycles. The average Bonchev–Trinajstić information content (AvgIpc) is 2.55. The highest BCUT2D eigenvalue weighted by molar-refractivity contribution is 5.84. The maximum Gasteiger partial charge on any atom is 0.317 e. The molecule has 5 nitrogen and oxygen atoms in total. The first-order chi connectivity index (χ1) is 11.6. The number of aliphatic carboxylic acids is 1. The van der Waals surface area contributed by atoms with Gasteiger partial charge in [-0.1, -0.05) is 31.2 Å². The van der Waals surface area contributed by atoms with Gasteiger partial charge in [0.2, 0.25) is 5.91 Å². The van der Waals surface area contributed by atoms with Crippen molar-refractivity contribution < 1.29 is 14.7 Å². The molecule has 5 heteroatoms. The van der Waals surface area contributed by atoms with E-state index in [1.807, 2.05) is 24.0 Å². The van der Waals surface area contributed by atoms with Gasteiger partial charge in [0.05, 0.1) is 12.5 Å². The van der Waals surface area contributed by atoms with Crippen LogP contribution in [0.25, 0.3) is 0 Å². The lowest BCUT2D eigenvalue weighted by molar-refractivity contribution is -0.139. The molecule has 0 radical (unpaired) electrons. The van der Waals surface area contributed by atoms with E-state index in [-0.39, 0.29) is 30.5 Å². The summed E-state index contributed by atoms with van der Waals surface area (Å²) in [5.41, 5.74) is 2.48. The molecule has 1 unspecified atom stereocenters. The second-order valence-corrected chi connectivity index (χ2v) is 6.93. The Bertz CT molecular complexity index is 610. The monoisotopic (exact) mass is 330 g/mol. The highest BCUT2D eigenvalue weighted by atomic mass is 16.4. The lowest BCUT2D eigenvalue weighted by atomic mass is 9.81. The number of hydrogen-bond acceptors (Lipinski definition) is 3. The maximum atomic E-state index is 12.7. The summed E-state index contributed by atoms with van der Waals surface area (Å²) in [6.45, 7) is 2.79. The van der Waals surface area contributed by atoms with Crippen molar-refractivity contribution in [3.8, 4) is 0 Å². The lowest BCUT2D eigenvalue weighted by Gasteiger charge is -2.42. The van der Waals surface area contributed by atoms with Crippen molar-refractivity contribution in [3.05, 3.63) is 35.4 Å². The van der Waals surface area contributed by atoms with Crippen molar-refractivity contribution in [2.45, 2.75) is 57.0 Å². The minimum absolute atomic E-state index is 0.0321. The van der Waals surface area contributed by atoms with Gasteiger partial charge < -0.3 is 10.4 Å². The van der Waals surface area contributed by atoms with Crippen LogP contribution in [0.2, 0.25) is 0 Å². The summed E-state index contributed by atoms with van der Waals surface area (Å²) in [7, 11) is 0. The van der Waals surface area contributed by atoms with Crippen LogP contribution in [0.3, 0.4) is 0 Å². The van der Waals surface area contributed by atoms with E-state index in [1.165, 1.54) is 11.1 Å². The molecule has 0 heterocycles. The fraction of sp³-hybridized carbons (Fsp3) is 0.579. The van der Waals surface area contributed by atoms with Crippen LogP contribution in [-0.2, 0) is 16.0 Å². The molecule has 1 fully saturated rings. The first-order valence-electron chi connectivity index (χ1n) is 8.92. The summed E-state index contributed by atoms with van der Waals surface area (Å²) in [6, 6.07) is 8.70. The summed E-state index contributed by atoms with van der Waals surface area (Å²) in [6.07, 6.45) is 4.73. The van der Waals surface area contributed by atoms with Crippen molar-refractivity contribution in [2.24, 2.45) is 0 Å². The largest absolute Gasteiger partial charge is 0.480 e. The number of aryl methyl sites for hydroxylation is 1. The number of fused-ring (bicyclic) bond motifs is 1. The molecule has 24 heavy (non-hydrogen) atoms. The average molecular weight is 330 g/mol. The lowest BCUT2D eigenvalue weighted by Crippen LogP contribution is -2.55. The third-order valence-corrected chi connectivity index (χ3v) is 5.41. The highest BCUT2D eigenvalue weighted by Gasteiger charge is 2.36. The first-order valence-corrected chi connectivity index (χ1v) is 8.92. The Hall–Kier alpha value is -1.88. The van der Waals surface area contributed by atoms with Gasteiger partial charge in [-0.05, 0) is 49.8 Å². The summed E-state index contributed by atoms with van der Waals surface area (Å²) in [5, 5.41) is 12.1. The quantitative estimate of drug-likeness (QED) is 0.839. The third-order valence-electron chi connectivity index (χ3n) is 5.41. The van der Waals surface area contributed by atoms with Crippen molar-refractivity contribution in [2.75, 3.05) is 13.1 Å². The molecule has 1 aromatic carbocycles. The molecule has 0 aromatic heterocycles. The van der Waals surface area contributed by atoms with Crippen molar-refractivity contribution >= 4 is 11.9 Å². The molecule has 3 rings (SSSR count). The molecule has 0 aliphatic heterocycles. The second-order valence-electron chi connectivity index (χ2n) is 6.93. The van der Waals surface area contributed by atoms with E-state index >= 15 is 0 Å². The van der Waals surface area contributed by atoms with Crippen LogP contribution in [0.1, 0.15) is 49.7 Å². The van der Waals surface area contributed by atoms with Crippen molar-refractivity contribution in [1.82, 2.24) is 10.2 Å². The number of carbonyl (C=O) groups excluding carboxylic acids is 1. The number of nitrogens with one attached hydrogen (secondary N) is 1. The van der Waals surface area contributed by atoms with Crippen molar-refractivity contribution in [1.29, 1.82) is 0 Å². The molecule has 0 bridgehead atoms. The number of carboxylic acid groups (broad SMARTS) is 1. The van der Waals surface area contributed by atoms with E-state index in [9.17, 15) is 9.59 Å². The number of amides is 1. The van der Waals surface area contributed by atoms with E-state index in [4.69, 9.17) is 5.11 Å². The van der Waals surface area contributed by atoms with Crippen LogP contribution < -0.4 is 5.32 Å². The Labute approximate surface area is 143 Å². The summed E-state index contributed by atoms with van der Waals surface area (Å²) >= 11 is 0. The van der Waals surface area contributed by atoms with Gasteiger partial charge in [0, 0.05) is 12.1 Å². The van der Waals surface area contributed by atoms with E-state index < -0.39 is 5.97 Å². The van der Waals surface area contributed by atoms with Gasteiger partial charge in [0.25, 0.3) is 0 Å². The number of rotatable bonds is 6. The molecule has 1 atom stereocenters. The minimum Gasteiger partial charge on any atom is -0.480 e. The zero-order chi connectivity index (χ0) is 17.1. The fourth-order valence-corrected chi connectivity index (χ4v) is 4.00. The van der Waals surface area contributed by atoms with Crippen LogP contribution in [0.15, 0.2) is 24.3 Å². The molecule has 2 N–H and O–H groups in total. The fourth-order valence-electron chi connectivity index (χ4n) is 4.00. The molecule has 1 amide bonds. The second kappa shape index (κ2) is 7.34. The smallest absolute Gasteiger partial charge is 0.317 e. The molecule has 0 saturated heterocycles. The van der Waals surface area contributed by atoms with Crippen LogP contribution >= 0.6 is 0 Å². The van der Waals surface area contributed by atoms with Crippen molar-refractivity contribution in [3.63, 3.8) is 0 Å². The zero-order valence-electron chi connectivity index (χ0n) is 14.2. The molecule has 1 aromatic rings. The molecule has 0 spiro atoms. The Morgan fingerprint density at radius 3 is 2.75 bits per heavy atom. The molecule has 2 aliphatic rings. The third kappa shape index (κ3) is 3.61. The van der Waals surface area contributed by atoms with Gasteiger partial charge in [-0.3, -0.25) is 14.5 Å². The number of likely N-dealkylation sites (N-methyl/N-ethyl adjacent to an activating group) is 1. The predicted octanol–water partition coefficient (Wildman–Crippen LogP) is 2.16. The maximum absolute atomic E-state index is 12.7. The summed E-state index contributed by atoms with van der Waals surface area (Å²) in [5.74, 6) is -0.690. The SMILES string of the molecule is CCN(CC(=O)O)C1CC(NC(=O)C2CCCc3ccccc32)C1. The van der Waals surface area contributed by atoms with E-state index in [0.717, 1.165) is 38.6 Å². The van der Waals surface area contributed by atoms with E-state index in [1.54, 1.807) is 0 Å². The van der Waals surface area contributed by atoms with E-state index in [0.29, 0.717) is 0 Å². The van der Waals surface area contributed by atoms with Gasteiger partial charge >= 0.3 is 5.97 Å². The van der Waals surface area contributed by atoms with Gasteiger partial charge in [-0.25, -0.2) is 0 Å². The normalized spacial score (nSPS) is 25.7. The minimum atomic E-state index is -0.789. The molecule has 130 valence electrons. The van der Waals surface area contributed by atoms with Crippen LogP contribution in [-0.4, -0.2) is 47.1 Å².